The minimum Gasteiger partial charge on any atom is -0.381 e. The third-order valence-corrected chi connectivity index (χ3v) is 3.86. The van der Waals surface area contributed by atoms with Gasteiger partial charge in [-0.3, -0.25) is 0 Å². The van der Waals surface area contributed by atoms with Crippen molar-refractivity contribution in [3.63, 3.8) is 0 Å². The monoisotopic (exact) mass is 207 g/mol. The van der Waals surface area contributed by atoms with E-state index in [2.05, 4.69) is 43.4 Å². The fourth-order valence-electron chi connectivity index (χ4n) is 1.52. The zero-order valence-electron chi connectivity index (χ0n) is 8.79. The molecule has 1 aromatic carbocycles. The summed E-state index contributed by atoms with van der Waals surface area (Å²) < 4.78 is 0. The molecule has 0 amide bonds. The molecule has 0 unspecified atom stereocenters. The number of thioether (sulfide) groups is 1. The molecule has 0 aromatic heterocycles. The molecular formula is C12H17NS. The van der Waals surface area contributed by atoms with E-state index < -0.39 is 0 Å². The third kappa shape index (κ3) is 2.24. The van der Waals surface area contributed by atoms with E-state index >= 15 is 0 Å². The predicted octanol–water partition coefficient (Wildman–Crippen LogP) is 3.34. The maximum absolute atomic E-state index is 3.52. The number of nitrogens with one attached hydrogen (secondary N) is 1. The van der Waals surface area contributed by atoms with Gasteiger partial charge in [-0.1, -0.05) is 26.0 Å². The highest BCUT2D eigenvalue weighted by Gasteiger charge is 2.17. The van der Waals surface area contributed by atoms with Gasteiger partial charge in [0.15, 0.2) is 0 Å². The van der Waals surface area contributed by atoms with Crippen LogP contribution in [0.1, 0.15) is 25.3 Å². The van der Waals surface area contributed by atoms with Gasteiger partial charge in [0.1, 0.15) is 0 Å². The molecule has 1 saturated heterocycles. The molecule has 0 saturated carbocycles. The second-order valence-corrected chi connectivity index (χ2v) is 5.23. The summed E-state index contributed by atoms with van der Waals surface area (Å²) in [5.41, 5.74) is 2.68. The molecule has 2 rings (SSSR count). The van der Waals surface area contributed by atoms with E-state index in [0.29, 0.717) is 12.0 Å². The first kappa shape index (κ1) is 9.91. The van der Waals surface area contributed by atoms with E-state index in [-0.39, 0.29) is 0 Å². The van der Waals surface area contributed by atoms with Gasteiger partial charge in [0, 0.05) is 23.2 Å². The molecule has 76 valence electrons. The highest BCUT2D eigenvalue weighted by Crippen LogP contribution is 2.23. The van der Waals surface area contributed by atoms with Crippen LogP contribution in [-0.2, 0) is 0 Å². The van der Waals surface area contributed by atoms with Crippen LogP contribution in [0.3, 0.4) is 0 Å². The third-order valence-electron chi connectivity index (χ3n) is 2.59. The van der Waals surface area contributed by atoms with Gasteiger partial charge < -0.3 is 5.32 Å². The first-order chi connectivity index (χ1) is 6.75. The smallest absolute Gasteiger partial charge is 0.0442 e. The predicted molar refractivity (Wildman–Crippen MR) is 65.3 cm³/mol. The van der Waals surface area contributed by atoms with Crippen LogP contribution in [0.2, 0.25) is 0 Å². The van der Waals surface area contributed by atoms with Crippen molar-refractivity contribution in [1.82, 2.24) is 0 Å². The molecule has 1 heterocycles. The van der Waals surface area contributed by atoms with E-state index in [4.69, 9.17) is 0 Å². The molecule has 1 fully saturated rings. The van der Waals surface area contributed by atoms with Gasteiger partial charge in [0.2, 0.25) is 0 Å². The number of benzene rings is 1. The molecule has 0 atom stereocenters. The van der Waals surface area contributed by atoms with Crippen LogP contribution in [0.25, 0.3) is 0 Å². The second kappa shape index (κ2) is 4.26. The Morgan fingerprint density at radius 1 is 1.21 bits per heavy atom. The van der Waals surface area contributed by atoms with E-state index in [1.54, 1.807) is 0 Å². The van der Waals surface area contributed by atoms with Crippen molar-refractivity contribution in [2.24, 2.45) is 0 Å². The average molecular weight is 207 g/mol. The quantitative estimate of drug-likeness (QED) is 0.816. The van der Waals surface area contributed by atoms with Crippen LogP contribution >= 0.6 is 11.8 Å². The highest BCUT2D eigenvalue weighted by atomic mass is 32.2. The molecule has 0 spiro atoms. The summed E-state index contributed by atoms with van der Waals surface area (Å²) in [7, 11) is 0. The average Bonchev–Trinajstić information content (AvgIpc) is 2.12. The largest absolute Gasteiger partial charge is 0.381 e. The Morgan fingerprint density at radius 3 is 2.29 bits per heavy atom. The van der Waals surface area contributed by atoms with Crippen molar-refractivity contribution in [1.29, 1.82) is 0 Å². The van der Waals surface area contributed by atoms with Crippen LogP contribution in [0, 0.1) is 0 Å². The molecule has 0 radical (unpaired) electrons. The van der Waals surface area contributed by atoms with Gasteiger partial charge in [0.25, 0.3) is 0 Å². The van der Waals surface area contributed by atoms with Crippen molar-refractivity contribution in [2.75, 3.05) is 16.8 Å². The topological polar surface area (TPSA) is 12.0 Å². The Morgan fingerprint density at radius 2 is 1.86 bits per heavy atom. The fourth-order valence-corrected chi connectivity index (χ4v) is 2.16. The normalized spacial score (nSPS) is 16.8. The van der Waals surface area contributed by atoms with E-state index in [1.165, 1.54) is 22.8 Å². The van der Waals surface area contributed by atoms with Crippen LogP contribution < -0.4 is 5.32 Å². The maximum atomic E-state index is 3.52. The summed E-state index contributed by atoms with van der Waals surface area (Å²) in [6, 6.07) is 9.53. The lowest BCUT2D eigenvalue weighted by Crippen LogP contribution is -2.33. The first-order valence-corrected chi connectivity index (χ1v) is 6.35. The molecule has 1 aliphatic rings. The first-order valence-electron chi connectivity index (χ1n) is 5.20. The van der Waals surface area contributed by atoms with Crippen LogP contribution in [0.5, 0.6) is 0 Å². The number of rotatable bonds is 3. The van der Waals surface area contributed by atoms with Gasteiger partial charge >= 0.3 is 0 Å². The van der Waals surface area contributed by atoms with Crippen molar-refractivity contribution in [3.05, 3.63) is 29.8 Å². The lowest BCUT2D eigenvalue weighted by atomic mass is 10.0. The molecule has 1 nitrogen and oxygen atoms in total. The van der Waals surface area contributed by atoms with E-state index in [9.17, 15) is 0 Å². The summed E-state index contributed by atoms with van der Waals surface area (Å²) in [4.78, 5) is 0. The Kier molecular flexibility index (Phi) is 3.02. The standard InChI is InChI=1S/C12H17NS/c1-9(2)10-3-5-11(6-4-10)13-12-7-14-8-12/h3-6,9,12-13H,7-8H2,1-2H3. The summed E-state index contributed by atoms with van der Waals surface area (Å²) in [6.07, 6.45) is 0. The Hall–Kier alpha value is -0.630. The van der Waals surface area contributed by atoms with Crippen LogP contribution in [-0.4, -0.2) is 17.5 Å². The Labute approximate surface area is 90.3 Å². The summed E-state index contributed by atoms with van der Waals surface area (Å²) >= 11 is 2.01. The molecule has 1 N–H and O–H groups in total. The van der Waals surface area contributed by atoms with Crippen LogP contribution in [0.15, 0.2) is 24.3 Å². The molecular weight excluding hydrogens is 190 g/mol. The zero-order chi connectivity index (χ0) is 9.97. The minimum atomic E-state index is 0.628. The minimum absolute atomic E-state index is 0.628. The Bertz CT molecular complexity index is 288. The summed E-state index contributed by atoms with van der Waals surface area (Å²) in [6.45, 7) is 4.45. The van der Waals surface area contributed by atoms with Gasteiger partial charge in [-0.25, -0.2) is 0 Å². The maximum Gasteiger partial charge on any atom is 0.0442 e. The molecule has 1 aromatic rings. The highest BCUT2D eigenvalue weighted by molar-refractivity contribution is 8.00. The van der Waals surface area contributed by atoms with E-state index in [1.807, 2.05) is 11.8 Å². The lowest BCUT2D eigenvalue weighted by Gasteiger charge is -2.27. The Balaban J connectivity index is 1.98. The lowest BCUT2D eigenvalue weighted by molar-refractivity contribution is 0.862. The number of hydrogen-bond donors (Lipinski definition) is 1. The van der Waals surface area contributed by atoms with E-state index in [0.717, 1.165) is 0 Å². The number of hydrogen-bond acceptors (Lipinski definition) is 2. The van der Waals surface area contributed by atoms with Gasteiger partial charge in [-0.15, -0.1) is 0 Å². The van der Waals surface area contributed by atoms with Crippen molar-refractivity contribution >= 4 is 17.4 Å². The SMILES string of the molecule is CC(C)c1ccc(NC2CSC2)cc1. The zero-order valence-corrected chi connectivity index (χ0v) is 9.60. The van der Waals surface area contributed by atoms with Gasteiger partial charge in [0.05, 0.1) is 0 Å². The summed E-state index contributed by atoms with van der Waals surface area (Å²) in [5, 5.41) is 3.52. The molecule has 0 aliphatic carbocycles. The summed E-state index contributed by atoms with van der Waals surface area (Å²) in [5.74, 6) is 3.14. The van der Waals surface area contributed by atoms with Crippen molar-refractivity contribution in [3.8, 4) is 0 Å². The molecule has 0 bridgehead atoms. The van der Waals surface area contributed by atoms with Gasteiger partial charge in [-0.05, 0) is 23.6 Å². The number of anilines is 1. The molecule has 2 heteroatoms. The van der Waals surface area contributed by atoms with Crippen molar-refractivity contribution in [2.45, 2.75) is 25.8 Å². The van der Waals surface area contributed by atoms with Crippen molar-refractivity contribution < 1.29 is 0 Å². The second-order valence-electron chi connectivity index (χ2n) is 4.16. The van der Waals surface area contributed by atoms with Gasteiger partial charge in [-0.2, -0.15) is 11.8 Å². The molecule has 14 heavy (non-hydrogen) atoms. The molecule has 1 aliphatic heterocycles. The fraction of sp³-hybridized carbons (Fsp3) is 0.500. The van der Waals surface area contributed by atoms with Crippen LogP contribution in [0.4, 0.5) is 5.69 Å².